The molecule has 2 atom stereocenters. The van der Waals surface area contributed by atoms with Gasteiger partial charge in [-0.25, -0.2) is 19.2 Å². The molecule has 0 heterocycles. The lowest BCUT2D eigenvalue weighted by molar-refractivity contribution is -0.143. The highest BCUT2D eigenvalue weighted by atomic mass is 32.2. The maximum Gasteiger partial charge on any atom is 0.492 e. The van der Waals surface area contributed by atoms with E-state index in [1.165, 1.54) is 45.6 Å². The third-order valence-electron chi connectivity index (χ3n) is 9.46. The summed E-state index contributed by atoms with van der Waals surface area (Å²) < 4.78 is 60.2. The topological polar surface area (TPSA) is 232 Å². The number of amides is 2. The highest BCUT2D eigenvalue weighted by molar-refractivity contribution is 7.87. The minimum Gasteiger partial charge on any atom is -0.497 e. The third-order valence-corrected chi connectivity index (χ3v) is 10.7. The second-order valence-corrected chi connectivity index (χ2v) is 18.9. The number of para-hydroxylation sites is 2. The zero-order valence-corrected chi connectivity index (χ0v) is 42.1. The van der Waals surface area contributed by atoms with E-state index in [4.69, 9.17) is 42.7 Å². The normalized spacial score (nSPS) is 11.8. The number of hydrogen-bond acceptors (Lipinski definition) is 15. The van der Waals surface area contributed by atoms with Crippen molar-refractivity contribution in [3.05, 3.63) is 138 Å². The van der Waals surface area contributed by atoms with Crippen molar-refractivity contribution in [1.29, 1.82) is 0 Å². The van der Waals surface area contributed by atoms with Crippen LogP contribution in [0, 0.1) is 6.92 Å². The minimum atomic E-state index is -3.96. The molecule has 0 radical (unpaired) electrons. The van der Waals surface area contributed by atoms with Crippen LogP contribution in [0.3, 0.4) is 0 Å². The number of rotatable bonds is 15. The van der Waals surface area contributed by atoms with Gasteiger partial charge in [0, 0.05) is 23.9 Å². The fourth-order valence-corrected chi connectivity index (χ4v) is 7.12. The van der Waals surface area contributed by atoms with Crippen molar-refractivity contribution in [1.82, 2.24) is 10.6 Å². The number of carbonyl (C=O) groups excluding carboxylic acids is 4. The minimum absolute atomic E-state index is 0.0505. The van der Waals surface area contributed by atoms with Gasteiger partial charge in [0.2, 0.25) is 0 Å². The van der Waals surface area contributed by atoms with E-state index in [1.54, 1.807) is 97.2 Å². The average Bonchev–Trinajstić information content (AvgIpc) is 3.30. The molecule has 19 heteroatoms. The number of carbonyl (C=O) groups is 4. The molecular formula is C51H63BN2O15S. The lowest BCUT2D eigenvalue weighted by Gasteiger charge is -2.22. The highest BCUT2D eigenvalue weighted by Crippen LogP contribution is 2.30. The van der Waals surface area contributed by atoms with E-state index in [2.05, 4.69) is 10.6 Å². The Hall–Kier alpha value is -7.09. The van der Waals surface area contributed by atoms with Crippen LogP contribution >= 0.6 is 0 Å². The zero-order valence-electron chi connectivity index (χ0n) is 41.3. The van der Waals surface area contributed by atoms with Crippen LogP contribution in [-0.2, 0) is 51.5 Å². The van der Waals surface area contributed by atoms with Crippen LogP contribution in [0.1, 0.15) is 58.2 Å². The smallest absolute Gasteiger partial charge is 0.492 e. The lowest BCUT2D eigenvalue weighted by atomic mass is 9.80. The van der Waals surface area contributed by atoms with Crippen LogP contribution in [0.5, 0.6) is 17.2 Å². The summed E-state index contributed by atoms with van der Waals surface area (Å²) in [6.45, 7) is 12.3. The van der Waals surface area contributed by atoms with Crippen molar-refractivity contribution in [3.8, 4) is 28.4 Å². The van der Waals surface area contributed by atoms with Gasteiger partial charge in [0.05, 0.1) is 28.4 Å². The van der Waals surface area contributed by atoms with Crippen LogP contribution in [0.2, 0.25) is 0 Å². The molecule has 0 bridgehead atoms. The summed E-state index contributed by atoms with van der Waals surface area (Å²) in [5, 5.41) is 22.7. The predicted molar refractivity (Wildman–Crippen MR) is 264 cm³/mol. The van der Waals surface area contributed by atoms with Gasteiger partial charge in [0.15, 0.2) is 0 Å². The van der Waals surface area contributed by atoms with Crippen molar-refractivity contribution < 1.29 is 70.2 Å². The Balaban J connectivity index is 0.000000306. The molecule has 0 saturated heterocycles. The molecule has 0 saturated carbocycles. The first-order valence-corrected chi connectivity index (χ1v) is 23.3. The maximum atomic E-state index is 12.4. The van der Waals surface area contributed by atoms with Gasteiger partial charge in [-0.2, -0.15) is 8.42 Å². The number of ether oxygens (including phenoxy) is 6. The zero-order chi connectivity index (χ0) is 52.2. The number of methoxy groups -OCH3 is 4. The first-order valence-electron chi connectivity index (χ1n) is 21.8. The Morgan fingerprint density at radius 3 is 1.43 bits per heavy atom. The van der Waals surface area contributed by atoms with Crippen LogP contribution in [-0.4, -0.2) is 101 Å². The summed E-state index contributed by atoms with van der Waals surface area (Å²) in [5.74, 6) is 0.239. The largest absolute Gasteiger partial charge is 0.497 e. The maximum absolute atomic E-state index is 12.4. The summed E-state index contributed by atoms with van der Waals surface area (Å²) in [7, 11) is 0.202. The van der Waals surface area contributed by atoms with Crippen LogP contribution in [0.15, 0.2) is 126 Å². The molecule has 70 heavy (non-hydrogen) atoms. The van der Waals surface area contributed by atoms with Gasteiger partial charge < -0.3 is 53.3 Å². The van der Waals surface area contributed by atoms with Gasteiger partial charge in [-0.05, 0) is 102 Å². The Labute approximate surface area is 410 Å². The lowest BCUT2D eigenvalue weighted by Crippen LogP contribution is -2.45. The molecular weight excluding hydrogens is 923 g/mol. The van der Waals surface area contributed by atoms with Gasteiger partial charge in [-0.15, -0.1) is 0 Å². The number of benzene rings is 5. The van der Waals surface area contributed by atoms with E-state index in [1.807, 2.05) is 55.5 Å². The quantitative estimate of drug-likeness (QED) is 0.0369. The monoisotopic (exact) mass is 986 g/mol. The van der Waals surface area contributed by atoms with E-state index in [-0.39, 0.29) is 23.5 Å². The van der Waals surface area contributed by atoms with Crippen molar-refractivity contribution >= 4 is 46.8 Å². The molecule has 376 valence electrons. The standard InChI is InChI=1S/C22H27NO7S.C22H27NO5.C7H9BO3/c1-15-6-12-18(13-7-15)31(26,27)30-17-10-8-16(9-11-17)14-19(20(24)28-5)23-21(25)29-22(2,3)4;1-22(2,3)28-21(25)23-18(20(24)27-5)14-15-10-12-16(13-11-15)17-8-6-7-9-19(17)26-4;1-11-7-5-3-2-4-6(7)8(9)10/h6-13,19H,14H2,1-5H3,(H,23,25);6-13,18H,14H2,1-5H3,(H,23,25);2-5,9-10H,1H3/t19-;18-;/m00./s1. The second kappa shape index (κ2) is 26.6. The SMILES string of the molecule is COC(=O)[C@H](Cc1ccc(-c2ccccc2OC)cc1)NC(=O)OC(C)(C)C.COC(=O)[C@H](Cc1ccc(OS(=O)(=O)c2ccc(C)cc2)cc1)NC(=O)OC(C)(C)C.COc1ccccc1B(O)O. The molecule has 0 aromatic heterocycles. The summed E-state index contributed by atoms with van der Waals surface area (Å²) in [4.78, 5) is 48.2. The second-order valence-electron chi connectivity index (χ2n) is 17.4. The van der Waals surface area contributed by atoms with E-state index in [0.717, 1.165) is 28.0 Å². The first kappa shape index (κ1) is 57.2. The van der Waals surface area contributed by atoms with Gasteiger partial charge in [0.1, 0.15) is 45.4 Å². The molecule has 0 aliphatic rings. The van der Waals surface area contributed by atoms with Crippen LogP contribution < -0.4 is 29.8 Å². The molecule has 4 N–H and O–H groups in total. The van der Waals surface area contributed by atoms with E-state index in [9.17, 15) is 27.6 Å². The van der Waals surface area contributed by atoms with Gasteiger partial charge in [0.25, 0.3) is 0 Å². The van der Waals surface area contributed by atoms with Crippen molar-refractivity contribution in [2.75, 3.05) is 28.4 Å². The number of aryl methyl sites for hydroxylation is 1. The molecule has 5 aromatic rings. The molecule has 0 aliphatic heterocycles. The Morgan fingerprint density at radius 1 is 0.586 bits per heavy atom. The third kappa shape index (κ3) is 19.5. The van der Waals surface area contributed by atoms with Crippen molar-refractivity contribution in [3.63, 3.8) is 0 Å². The Kier molecular flexibility index (Phi) is 21.8. The predicted octanol–water partition coefficient (Wildman–Crippen LogP) is 6.72. The number of hydrogen-bond donors (Lipinski definition) is 4. The van der Waals surface area contributed by atoms with E-state index < -0.39 is 64.6 Å². The van der Waals surface area contributed by atoms with Crippen molar-refractivity contribution in [2.24, 2.45) is 0 Å². The summed E-state index contributed by atoms with van der Waals surface area (Å²) in [5.41, 5.74) is 3.47. The number of esters is 2. The molecule has 17 nitrogen and oxygen atoms in total. The van der Waals surface area contributed by atoms with Crippen molar-refractivity contribution in [2.45, 2.75) is 89.5 Å². The molecule has 2 amide bonds. The van der Waals surface area contributed by atoms with Crippen LogP contribution in [0.25, 0.3) is 11.1 Å². The van der Waals surface area contributed by atoms with Crippen LogP contribution in [0.4, 0.5) is 9.59 Å². The summed E-state index contributed by atoms with van der Waals surface area (Å²) >= 11 is 0. The Bertz CT molecular complexity index is 2580. The summed E-state index contributed by atoms with van der Waals surface area (Å²) in [6, 6.07) is 32.9. The van der Waals surface area contributed by atoms with E-state index in [0.29, 0.717) is 16.8 Å². The molecule has 5 rings (SSSR count). The van der Waals surface area contributed by atoms with Gasteiger partial charge >= 0.3 is 41.4 Å². The van der Waals surface area contributed by atoms with E-state index >= 15 is 0 Å². The average molecular weight is 987 g/mol. The highest BCUT2D eigenvalue weighted by Gasteiger charge is 2.27. The molecule has 0 aliphatic carbocycles. The fraction of sp³-hybridized carbons (Fsp3) is 0.333. The molecule has 0 spiro atoms. The Morgan fingerprint density at radius 2 is 1.01 bits per heavy atom. The molecule has 0 unspecified atom stereocenters. The fourth-order valence-electron chi connectivity index (χ4n) is 6.19. The number of alkyl carbamates (subject to hydrolysis) is 2. The first-order chi connectivity index (χ1) is 32.9. The number of nitrogens with one attached hydrogen (secondary N) is 2. The summed E-state index contributed by atoms with van der Waals surface area (Å²) in [6.07, 6.45) is -0.990. The molecule has 0 fully saturated rings. The van der Waals surface area contributed by atoms with Gasteiger partial charge in [-0.1, -0.05) is 90.5 Å². The van der Waals surface area contributed by atoms with Gasteiger partial charge in [-0.3, -0.25) is 0 Å². The molecule has 5 aromatic carbocycles.